The van der Waals surface area contributed by atoms with Crippen molar-refractivity contribution in [2.75, 3.05) is 25.7 Å². The van der Waals surface area contributed by atoms with Crippen LogP contribution in [-0.2, 0) is 4.79 Å². The van der Waals surface area contributed by atoms with Crippen molar-refractivity contribution in [3.05, 3.63) is 29.8 Å². The fourth-order valence-electron chi connectivity index (χ4n) is 1.94. The fourth-order valence-corrected chi connectivity index (χ4v) is 2.42. The third-order valence-corrected chi connectivity index (χ3v) is 3.78. The summed E-state index contributed by atoms with van der Waals surface area (Å²) in [5.41, 5.74) is 0.433. The summed E-state index contributed by atoms with van der Waals surface area (Å²) < 4.78 is 5.19. The Kier molecular flexibility index (Phi) is 8.43. The number of nitrogens with one attached hydrogen (secondary N) is 2. The van der Waals surface area contributed by atoms with Gasteiger partial charge in [0.05, 0.1) is 12.7 Å². The molecule has 0 saturated heterocycles. The molecule has 0 radical (unpaired) electrons. The molecule has 0 aromatic heterocycles. The number of benzene rings is 1. The second-order valence-electron chi connectivity index (χ2n) is 4.80. The maximum Gasteiger partial charge on any atom is 0.255 e. The van der Waals surface area contributed by atoms with E-state index in [0.29, 0.717) is 24.3 Å². The molecule has 1 atom stereocenters. The van der Waals surface area contributed by atoms with Crippen LogP contribution in [0.2, 0.25) is 0 Å². The maximum absolute atomic E-state index is 12.4. The van der Waals surface area contributed by atoms with E-state index in [1.165, 1.54) is 7.11 Å². The topological polar surface area (TPSA) is 67.4 Å². The highest BCUT2D eigenvalue weighted by molar-refractivity contribution is 7.98. The number of amides is 2. The largest absolute Gasteiger partial charge is 0.496 e. The predicted molar refractivity (Wildman–Crippen MR) is 90.5 cm³/mol. The van der Waals surface area contributed by atoms with Crippen LogP contribution >= 0.6 is 11.8 Å². The minimum atomic E-state index is -0.531. The van der Waals surface area contributed by atoms with Crippen LogP contribution in [0.1, 0.15) is 30.1 Å². The second-order valence-corrected chi connectivity index (χ2v) is 5.78. The van der Waals surface area contributed by atoms with E-state index in [2.05, 4.69) is 10.6 Å². The molecule has 0 spiro atoms. The van der Waals surface area contributed by atoms with Gasteiger partial charge in [-0.1, -0.05) is 19.1 Å². The molecule has 0 aliphatic heterocycles. The lowest BCUT2D eigenvalue weighted by molar-refractivity contribution is -0.123. The van der Waals surface area contributed by atoms with Crippen molar-refractivity contribution in [3.8, 4) is 5.75 Å². The Morgan fingerprint density at radius 2 is 2.05 bits per heavy atom. The van der Waals surface area contributed by atoms with Gasteiger partial charge in [-0.05, 0) is 37.0 Å². The first-order valence-electron chi connectivity index (χ1n) is 7.34. The lowest BCUT2D eigenvalue weighted by Gasteiger charge is -2.18. The molecule has 5 nitrogen and oxygen atoms in total. The lowest BCUT2D eigenvalue weighted by atomic mass is 10.1. The van der Waals surface area contributed by atoms with Crippen molar-refractivity contribution in [3.63, 3.8) is 0 Å². The normalized spacial score (nSPS) is 11.6. The first-order valence-corrected chi connectivity index (χ1v) is 8.74. The summed E-state index contributed by atoms with van der Waals surface area (Å²) in [6.45, 7) is 2.60. The molecule has 1 aromatic rings. The summed E-state index contributed by atoms with van der Waals surface area (Å²) in [5, 5.41) is 5.64. The Labute approximate surface area is 136 Å². The Morgan fingerprint density at radius 3 is 2.68 bits per heavy atom. The Morgan fingerprint density at radius 1 is 1.32 bits per heavy atom. The van der Waals surface area contributed by atoms with Crippen molar-refractivity contribution in [2.24, 2.45) is 0 Å². The number of ether oxygens (including phenoxy) is 1. The number of hydrogen-bond acceptors (Lipinski definition) is 4. The quantitative estimate of drug-likeness (QED) is 0.730. The molecule has 0 heterocycles. The minimum Gasteiger partial charge on any atom is -0.496 e. The van der Waals surface area contributed by atoms with Crippen LogP contribution in [0.5, 0.6) is 5.75 Å². The number of carbonyl (C=O) groups is 2. The monoisotopic (exact) mass is 324 g/mol. The van der Waals surface area contributed by atoms with Gasteiger partial charge in [0.25, 0.3) is 5.91 Å². The smallest absolute Gasteiger partial charge is 0.255 e. The van der Waals surface area contributed by atoms with Crippen molar-refractivity contribution in [2.45, 2.75) is 25.8 Å². The molecule has 0 fully saturated rings. The molecule has 1 unspecified atom stereocenters. The van der Waals surface area contributed by atoms with Gasteiger partial charge in [0.1, 0.15) is 11.8 Å². The summed E-state index contributed by atoms with van der Waals surface area (Å²) in [7, 11) is 1.52. The molecule has 22 heavy (non-hydrogen) atoms. The van der Waals surface area contributed by atoms with Gasteiger partial charge in [0.2, 0.25) is 5.91 Å². The molecule has 0 saturated carbocycles. The first kappa shape index (κ1) is 18.4. The molecular formula is C16H24N2O3S. The molecule has 0 aliphatic rings. The van der Waals surface area contributed by atoms with Crippen LogP contribution in [0.4, 0.5) is 0 Å². The Hall–Kier alpha value is -1.69. The van der Waals surface area contributed by atoms with Gasteiger partial charge < -0.3 is 15.4 Å². The van der Waals surface area contributed by atoms with Crippen LogP contribution < -0.4 is 15.4 Å². The van der Waals surface area contributed by atoms with Gasteiger partial charge in [-0.15, -0.1) is 0 Å². The molecule has 2 N–H and O–H groups in total. The van der Waals surface area contributed by atoms with Crippen molar-refractivity contribution >= 4 is 23.6 Å². The maximum atomic E-state index is 12.4. The molecule has 0 aliphatic carbocycles. The third-order valence-electron chi connectivity index (χ3n) is 3.13. The molecule has 122 valence electrons. The highest BCUT2D eigenvalue weighted by Gasteiger charge is 2.22. The molecule has 1 aromatic carbocycles. The van der Waals surface area contributed by atoms with Gasteiger partial charge in [0.15, 0.2) is 0 Å². The minimum absolute atomic E-state index is 0.140. The van der Waals surface area contributed by atoms with E-state index in [9.17, 15) is 9.59 Å². The highest BCUT2D eigenvalue weighted by atomic mass is 32.2. The summed E-state index contributed by atoms with van der Waals surface area (Å²) in [6.07, 6.45) is 3.43. The van der Waals surface area contributed by atoms with Gasteiger partial charge in [-0.25, -0.2) is 0 Å². The number of carbonyl (C=O) groups excluding carboxylic acids is 2. The zero-order chi connectivity index (χ0) is 16.4. The molecule has 0 bridgehead atoms. The van der Waals surface area contributed by atoms with Crippen molar-refractivity contribution in [1.82, 2.24) is 10.6 Å². The number of hydrogen-bond donors (Lipinski definition) is 2. The summed E-state index contributed by atoms with van der Waals surface area (Å²) in [4.78, 5) is 24.6. The number of para-hydroxylation sites is 1. The molecule has 2 amide bonds. The van der Waals surface area contributed by atoms with Gasteiger partial charge >= 0.3 is 0 Å². The van der Waals surface area contributed by atoms with Gasteiger partial charge in [-0.2, -0.15) is 11.8 Å². The standard InChI is InChI=1S/C16H24N2O3S/c1-4-10-17-16(20)13(9-11-22-3)18-15(19)12-7-5-6-8-14(12)21-2/h5-8,13H,4,9-11H2,1-3H3,(H,17,20)(H,18,19). The van der Waals surface area contributed by atoms with Gasteiger partial charge in [-0.3, -0.25) is 9.59 Å². The van der Waals surface area contributed by atoms with E-state index in [1.54, 1.807) is 36.0 Å². The highest BCUT2D eigenvalue weighted by Crippen LogP contribution is 2.17. The number of thioether (sulfide) groups is 1. The summed E-state index contributed by atoms with van der Waals surface area (Å²) in [6, 6.07) is 6.45. The van der Waals surface area contributed by atoms with Crippen LogP contribution in [0.15, 0.2) is 24.3 Å². The molecule has 1 rings (SSSR count). The predicted octanol–water partition coefficient (Wildman–Crippen LogP) is 2.07. The second kappa shape index (κ2) is 10.1. The average molecular weight is 324 g/mol. The lowest BCUT2D eigenvalue weighted by Crippen LogP contribution is -2.47. The van der Waals surface area contributed by atoms with Crippen molar-refractivity contribution in [1.29, 1.82) is 0 Å². The zero-order valence-electron chi connectivity index (χ0n) is 13.3. The first-order chi connectivity index (χ1) is 10.6. The van der Waals surface area contributed by atoms with E-state index in [0.717, 1.165) is 12.2 Å². The summed E-state index contributed by atoms with van der Waals surface area (Å²) in [5.74, 6) is 0.864. The van der Waals surface area contributed by atoms with E-state index < -0.39 is 6.04 Å². The van der Waals surface area contributed by atoms with Crippen molar-refractivity contribution < 1.29 is 14.3 Å². The van der Waals surface area contributed by atoms with Crippen LogP contribution in [0.25, 0.3) is 0 Å². The van der Waals surface area contributed by atoms with Crippen LogP contribution in [-0.4, -0.2) is 43.5 Å². The fraction of sp³-hybridized carbons (Fsp3) is 0.500. The molecular weight excluding hydrogens is 300 g/mol. The van der Waals surface area contributed by atoms with E-state index >= 15 is 0 Å². The van der Waals surface area contributed by atoms with E-state index in [-0.39, 0.29) is 11.8 Å². The number of methoxy groups -OCH3 is 1. The van der Waals surface area contributed by atoms with E-state index in [1.807, 2.05) is 13.2 Å². The third kappa shape index (κ3) is 5.60. The average Bonchev–Trinajstić information content (AvgIpc) is 2.55. The Balaban J connectivity index is 2.79. The van der Waals surface area contributed by atoms with Crippen LogP contribution in [0.3, 0.4) is 0 Å². The summed E-state index contributed by atoms with van der Waals surface area (Å²) >= 11 is 1.65. The zero-order valence-corrected chi connectivity index (χ0v) is 14.2. The molecule has 6 heteroatoms. The Bertz CT molecular complexity index is 494. The van der Waals surface area contributed by atoms with Gasteiger partial charge in [0, 0.05) is 6.54 Å². The SMILES string of the molecule is CCCNC(=O)C(CCSC)NC(=O)c1ccccc1OC. The van der Waals surface area contributed by atoms with E-state index in [4.69, 9.17) is 4.74 Å². The number of rotatable bonds is 9. The van der Waals surface area contributed by atoms with Crippen LogP contribution in [0, 0.1) is 0 Å².